The SMILES string of the molecule is Cc1ccc(-c2ccc(Cl)c(C(=O)O)c2)c(C(=O)O)c1. The number of halogens is 1. The molecule has 0 fully saturated rings. The minimum Gasteiger partial charge on any atom is -0.478 e. The lowest BCUT2D eigenvalue weighted by Gasteiger charge is -2.09. The summed E-state index contributed by atoms with van der Waals surface area (Å²) in [5.41, 5.74) is 1.86. The van der Waals surface area contributed by atoms with Gasteiger partial charge in [-0.15, -0.1) is 0 Å². The van der Waals surface area contributed by atoms with E-state index in [1.54, 1.807) is 31.2 Å². The third-order valence-electron chi connectivity index (χ3n) is 2.91. The summed E-state index contributed by atoms with van der Waals surface area (Å²) in [6.07, 6.45) is 0. The van der Waals surface area contributed by atoms with Gasteiger partial charge in [-0.25, -0.2) is 9.59 Å². The van der Waals surface area contributed by atoms with Gasteiger partial charge in [-0.1, -0.05) is 35.4 Å². The topological polar surface area (TPSA) is 74.6 Å². The van der Waals surface area contributed by atoms with E-state index < -0.39 is 11.9 Å². The van der Waals surface area contributed by atoms with Crippen LogP contribution in [0.1, 0.15) is 26.3 Å². The Morgan fingerprint density at radius 1 is 0.950 bits per heavy atom. The van der Waals surface area contributed by atoms with E-state index in [0.29, 0.717) is 11.1 Å². The summed E-state index contributed by atoms with van der Waals surface area (Å²) in [7, 11) is 0. The van der Waals surface area contributed by atoms with Crippen molar-refractivity contribution < 1.29 is 19.8 Å². The first-order chi connectivity index (χ1) is 9.40. The average Bonchev–Trinajstić information content (AvgIpc) is 2.39. The number of rotatable bonds is 3. The van der Waals surface area contributed by atoms with Gasteiger partial charge < -0.3 is 10.2 Å². The molecule has 2 rings (SSSR count). The van der Waals surface area contributed by atoms with Crippen molar-refractivity contribution in [3.05, 3.63) is 58.1 Å². The Morgan fingerprint density at radius 3 is 2.20 bits per heavy atom. The third-order valence-corrected chi connectivity index (χ3v) is 3.24. The molecule has 0 aliphatic heterocycles. The number of aromatic carboxylic acids is 2. The second kappa shape index (κ2) is 5.35. The van der Waals surface area contributed by atoms with E-state index >= 15 is 0 Å². The second-order valence-electron chi connectivity index (χ2n) is 4.35. The number of carboxylic acid groups (broad SMARTS) is 2. The quantitative estimate of drug-likeness (QED) is 0.903. The van der Waals surface area contributed by atoms with Gasteiger partial charge in [0, 0.05) is 0 Å². The Labute approximate surface area is 120 Å². The van der Waals surface area contributed by atoms with Crippen molar-refractivity contribution in [1.29, 1.82) is 0 Å². The van der Waals surface area contributed by atoms with Crippen LogP contribution in [-0.2, 0) is 0 Å². The highest BCUT2D eigenvalue weighted by Crippen LogP contribution is 2.28. The Kier molecular flexibility index (Phi) is 3.77. The minimum absolute atomic E-state index is 0.0546. The number of aryl methyl sites for hydroxylation is 1. The van der Waals surface area contributed by atoms with Gasteiger partial charge in [0.2, 0.25) is 0 Å². The smallest absolute Gasteiger partial charge is 0.337 e. The molecule has 0 heterocycles. The normalized spacial score (nSPS) is 10.3. The van der Waals surface area contributed by atoms with Crippen molar-refractivity contribution in [2.75, 3.05) is 0 Å². The van der Waals surface area contributed by atoms with Crippen LogP contribution < -0.4 is 0 Å². The van der Waals surface area contributed by atoms with Crippen LogP contribution >= 0.6 is 11.6 Å². The number of carbonyl (C=O) groups is 2. The van der Waals surface area contributed by atoms with Crippen LogP contribution in [0.4, 0.5) is 0 Å². The summed E-state index contributed by atoms with van der Waals surface area (Å²) in [6.45, 7) is 1.79. The van der Waals surface area contributed by atoms with Crippen molar-refractivity contribution in [2.45, 2.75) is 6.92 Å². The fourth-order valence-corrected chi connectivity index (χ4v) is 2.14. The summed E-state index contributed by atoms with van der Waals surface area (Å²) in [4.78, 5) is 22.4. The van der Waals surface area contributed by atoms with Gasteiger partial charge in [0.15, 0.2) is 0 Å². The molecule has 0 spiro atoms. The fraction of sp³-hybridized carbons (Fsp3) is 0.0667. The van der Waals surface area contributed by atoms with Crippen LogP contribution in [0.5, 0.6) is 0 Å². The highest BCUT2D eigenvalue weighted by molar-refractivity contribution is 6.33. The first kappa shape index (κ1) is 14.1. The number of carboxylic acids is 2. The van der Waals surface area contributed by atoms with Crippen LogP contribution in [0.25, 0.3) is 11.1 Å². The fourth-order valence-electron chi connectivity index (χ4n) is 1.94. The van der Waals surface area contributed by atoms with E-state index in [4.69, 9.17) is 16.7 Å². The summed E-state index contributed by atoms with van der Waals surface area (Å²) in [5.74, 6) is -2.21. The molecule has 0 bridgehead atoms. The Bertz CT molecular complexity index is 707. The molecule has 0 saturated carbocycles. The van der Waals surface area contributed by atoms with Gasteiger partial charge in [-0.2, -0.15) is 0 Å². The van der Waals surface area contributed by atoms with E-state index in [1.165, 1.54) is 12.1 Å². The maximum Gasteiger partial charge on any atom is 0.337 e. The predicted octanol–water partition coefficient (Wildman–Crippen LogP) is 3.71. The van der Waals surface area contributed by atoms with Crippen molar-refractivity contribution in [2.24, 2.45) is 0 Å². The number of hydrogen-bond donors (Lipinski definition) is 2. The van der Waals surface area contributed by atoms with E-state index in [0.717, 1.165) is 5.56 Å². The molecule has 0 aliphatic rings. The molecular weight excluding hydrogens is 280 g/mol. The zero-order valence-corrected chi connectivity index (χ0v) is 11.3. The molecule has 0 amide bonds. The van der Waals surface area contributed by atoms with Crippen LogP contribution in [-0.4, -0.2) is 22.2 Å². The molecule has 102 valence electrons. The maximum atomic E-state index is 11.3. The van der Waals surface area contributed by atoms with E-state index in [-0.39, 0.29) is 16.1 Å². The van der Waals surface area contributed by atoms with Crippen LogP contribution in [0, 0.1) is 6.92 Å². The van der Waals surface area contributed by atoms with Gasteiger partial charge in [0.05, 0.1) is 16.1 Å². The Morgan fingerprint density at radius 2 is 1.60 bits per heavy atom. The lowest BCUT2D eigenvalue weighted by atomic mass is 9.96. The average molecular weight is 291 g/mol. The molecule has 0 radical (unpaired) electrons. The predicted molar refractivity (Wildman–Crippen MR) is 75.5 cm³/mol. The molecule has 2 aromatic rings. The largest absolute Gasteiger partial charge is 0.478 e. The molecule has 5 heteroatoms. The van der Waals surface area contributed by atoms with Gasteiger partial charge in [0.1, 0.15) is 0 Å². The van der Waals surface area contributed by atoms with Crippen LogP contribution in [0.15, 0.2) is 36.4 Å². The Hall–Kier alpha value is -2.33. The van der Waals surface area contributed by atoms with Gasteiger partial charge in [-0.05, 0) is 36.2 Å². The molecule has 0 unspecified atom stereocenters. The van der Waals surface area contributed by atoms with Crippen molar-refractivity contribution in [1.82, 2.24) is 0 Å². The lowest BCUT2D eigenvalue weighted by molar-refractivity contribution is 0.0687. The molecule has 0 atom stereocenters. The zero-order valence-electron chi connectivity index (χ0n) is 10.6. The van der Waals surface area contributed by atoms with Crippen molar-refractivity contribution in [3.63, 3.8) is 0 Å². The molecule has 0 saturated heterocycles. The number of benzene rings is 2. The van der Waals surface area contributed by atoms with Crippen molar-refractivity contribution in [3.8, 4) is 11.1 Å². The zero-order chi connectivity index (χ0) is 14.9. The monoisotopic (exact) mass is 290 g/mol. The first-order valence-corrected chi connectivity index (χ1v) is 6.15. The summed E-state index contributed by atoms with van der Waals surface area (Å²) in [6, 6.07) is 9.41. The summed E-state index contributed by atoms with van der Waals surface area (Å²) >= 11 is 5.81. The Balaban J connectivity index is 2.66. The van der Waals surface area contributed by atoms with Gasteiger partial charge >= 0.3 is 11.9 Å². The van der Waals surface area contributed by atoms with Crippen LogP contribution in [0.2, 0.25) is 5.02 Å². The second-order valence-corrected chi connectivity index (χ2v) is 4.76. The molecule has 4 nitrogen and oxygen atoms in total. The molecule has 0 aromatic heterocycles. The molecule has 20 heavy (non-hydrogen) atoms. The summed E-state index contributed by atoms with van der Waals surface area (Å²) in [5, 5.41) is 18.4. The first-order valence-electron chi connectivity index (χ1n) is 5.77. The maximum absolute atomic E-state index is 11.3. The highest BCUT2D eigenvalue weighted by atomic mass is 35.5. The van der Waals surface area contributed by atoms with Crippen LogP contribution in [0.3, 0.4) is 0 Å². The molecule has 2 aromatic carbocycles. The van der Waals surface area contributed by atoms with E-state index in [2.05, 4.69) is 0 Å². The van der Waals surface area contributed by atoms with Gasteiger partial charge in [-0.3, -0.25) is 0 Å². The number of hydrogen-bond acceptors (Lipinski definition) is 2. The molecular formula is C15H11ClO4. The minimum atomic E-state index is -1.15. The molecule has 2 N–H and O–H groups in total. The van der Waals surface area contributed by atoms with E-state index in [9.17, 15) is 14.7 Å². The van der Waals surface area contributed by atoms with E-state index in [1.807, 2.05) is 0 Å². The lowest BCUT2D eigenvalue weighted by Crippen LogP contribution is -2.02. The standard InChI is InChI=1S/C15H11ClO4/c1-8-2-4-10(11(6-8)14(17)18)9-3-5-13(16)12(7-9)15(19)20/h2-7H,1H3,(H,17,18)(H,19,20). The van der Waals surface area contributed by atoms with Crippen molar-refractivity contribution >= 4 is 23.5 Å². The summed E-state index contributed by atoms with van der Waals surface area (Å²) < 4.78 is 0. The highest BCUT2D eigenvalue weighted by Gasteiger charge is 2.15. The molecule has 0 aliphatic carbocycles. The third kappa shape index (κ3) is 2.65. The van der Waals surface area contributed by atoms with Gasteiger partial charge in [0.25, 0.3) is 0 Å².